The highest BCUT2D eigenvalue weighted by Crippen LogP contribution is 2.52. The smallest absolute Gasteiger partial charge is 0.256 e. The summed E-state index contributed by atoms with van der Waals surface area (Å²) in [6, 6.07) is 18.6. The minimum absolute atomic E-state index is 0.0373. The number of hydrogen-bond donors (Lipinski definition) is 2. The maximum Gasteiger partial charge on any atom is 0.256 e. The normalized spacial score (nSPS) is 28.5. The zero-order chi connectivity index (χ0) is 22.0. The number of para-hydroxylation sites is 1. The van der Waals surface area contributed by atoms with E-state index in [1.165, 1.54) is 0 Å². The molecule has 1 saturated heterocycles. The molecule has 1 aliphatic heterocycles. The van der Waals surface area contributed by atoms with Crippen molar-refractivity contribution in [3.63, 3.8) is 0 Å². The summed E-state index contributed by atoms with van der Waals surface area (Å²) in [5.41, 5.74) is 0.0572. The lowest BCUT2D eigenvalue weighted by Crippen LogP contribution is -2.46. The van der Waals surface area contributed by atoms with E-state index in [0.717, 1.165) is 6.42 Å². The molecule has 1 unspecified atom stereocenters. The number of fused-ring (bicyclic) bond motifs is 1. The van der Waals surface area contributed by atoms with Crippen molar-refractivity contribution in [3.8, 4) is 11.8 Å². The topological polar surface area (TPSA) is 93.8 Å². The fourth-order valence-corrected chi connectivity index (χ4v) is 5.48. The van der Waals surface area contributed by atoms with Crippen LogP contribution in [0.4, 0.5) is 0 Å². The van der Waals surface area contributed by atoms with Gasteiger partial charge in [-0.2, -0.15) is 5.26 Å². The Morgan fingerprint density at radius 1 is 1.23 bits per heavy atom. The zero-order valence-electron chi connectivity index (χ0n) is 17.6. The number of methoxy groups -OCH3 is 1. The van der Waals surface area contributed by atoms with Crippen molar-refractivity contribution >= 4 is 5.91 Å². The number of ether oxygens (including phenoxy) is 1. The van der Waals surface area contributed by atoms with Gasteiger partial charge < -0.3 is 19.8 Å². The molecule has 2 aliphatic rings. The molecule has 1 aliphatic carbocycles. The number of aliphatic hydroxyl groups excluding tert-OH is 1. The largest absolute Gasteiger partial charge is 0.496 e. The van der Waals surface area contributed by atoms with Gasteiger partial charge in [-0.05, 0) is 36.3 Å². The molecule has 5 atom stereocenters. The van der Waals surface area contributed by atoms with Gasteiger partial charge in [0.2, 0.25) is 0 Å². The Labute approximate surface area is 182 Å². The van der Waals surface area contributed by atoms with E-state index in [1.807, 2.05) is 30.3 Å². The quantitative estimate of drug-likeness (QED) is 0.776. The SMILES string of the molecule is COc1ccccc1[C@]1(O)C[C@H](CC#N)C[C@H]2CN(C(=O)C(O)c3ccccc3)C[C@H]21. The number of likely N-dealkylation sites (tertiary alicyclic amines) is 1. The van der Waals surface area contributed by atoms with Gasteiger partial charge in [0.05, 0.1) is 18.8 Å². The number of nitrogens with zero attached hydrogens (tertiary/aromatic N) is 2. The Hall–Kier alpha value is -2.88. The minimum Gasteiger partial charge on any atom is -0.496 e. The lowest BCUT2D eigenvalue weighted by atomic mass is 9.63. The standard InChI is InChI=1S/C25H28N2O4/c1-31-22-10-6-5-9-20(22)25(30)14-17(11-12-26)13-19-15-27(16-21(19)25)24(29)23(28)18-7-3-2-4-8-18/h2-10,17,19,21,23,28,30H,11,13-16H2,1H3/t17-,19+,21-,23?,25-/m1/s1. The van der Waals surface area contributed by atoms with E-state index in [-0.39, 0.29) is 23.7 Å². The Morgan fingerprint density at radius 3 is 2.65 bits per heavy atom. The van der Waals surface area contributed by atoms with Crippen LogP contribution in [0.1, 0.15) is 36.5 Å². The van der Waals surface area contributed by atoms with Crippen LogP contribution in [0.25, 0.3) is 0 Å². The number of carbonyl (C=O) groups excluding carboxylic acids is 1. The van der Waals surface area contributed by atoms with Crippen molar-refractivity contribution in [2.24, 2.45) is 17.8 Å². The van der Waals surface area contributed by atoms with Crippen LogP contribution >= 0.6 is 0 Å². The Balaban J connectivity index is 1.64. The van der Waals surface area contributed by atoms with E-state index in [0.29, 0.717) is 42.8 Å². The van der Waals surface area contributed by atoms with Crippen LogP contribution in [0.3, 0.4) is 0 Å². The third-order valence-electron chi connectivity index (χ3n) is 6.90. The van der Waals surface area contributed by atoms with Crippen LogP contribution in [-0.2, 0) is 10.4 Å². The van der Waals surface area contributed by atoms with Crippen LogP contribution in [0.15, 0.2) is 54.6 Å². The number of benzene rings is 2. The van der Waals surface area contributed by atoms with Gasteiger partial charge in [0.15, 0.2) is 6.10 Å². The average molecular weight is 421 g/mol. The molecule has 2 N–H and O–H groups in total. The van der Waals surface area contributed by atoms with E-state index in [9.17, 15) is 20.3 Å². The third-order valence-corrected chi connectivity index (χ3v) is 6.90. The number of nitriles is 1. The number of amides is 1. The highest BCUT2D eigenvalue weighted by Gasteiger charge is 2.54. The number of carbonyl (C=O) groups is 1. The van der Waals surface area contributed by atoms with Crippen LogP contribution in [0, 0.1) is 29.1 Å². The van der Waals surface area contributed by atoms with Gasteiger partial charge in [0, 0.05) is 31.0 Å². The van der Waals surface area contributed by atoms with E-state index in [1.54, 1.807) is 36.3 Å². The van der Waals surface area contributed by atoms with Crippen molar-refractivity contribution in [2.75, 3.05) is 20.2 Å². The van der Waals surface area contributed by atoms with E-state index < -0.39 is 11.7 Å². The molecule has 1 heterocycles. The third kappa shape index (κ3) is 3.91. The highest BCUT2D eigenvalue weighted by atomic mass is 16.5. The van der Waals surface area contributed by atoms with Crippen LogP contribution < -0.4 is 4.74 Å². The Morgan fingerprint density at radius 2 is 1.94 bits per heavy atom. The molecule has 2 aromatic carbocycles. The van der Waals surface area contributed by atoms with Crippen molar-refractivity contribution in [2.45, 2.75) is 31.0 Å². The second kappa shape index (κ2) is 8.70. The lowest BCUT2D eigenvalue weighted by molar-refractivity contribution is -0.140. The summed E-state index contributed by atoms with van der Waals surface area (Å²) >= 11 is 0. The van der Waals surface area contributed by atoms with Gasteiger partial charge in [-0.3, -0.25) is 4.79 Å². The molecular weight excluding hydrogens is 392 g/mol. The maximum absolute atomic E-state index is 13.1. The van der Waals surface area contributed by atoms with Crippen molar-refractivity contribution in [3.05, 3.63) is 65.7 Å². The molecule has 1 saturated carbocycles. The fraction of sp³-hybridized carbons (Fsp3) is 0.440. The molecule has 4 rings (SSSR count). The second-order valence-corrected chi connectivity index (χ2v) is 8.72. The summed E-state index contributed by atoms with van der Waals surface area (Å²) in [5, 5.41) is 31.9. The van der Waals surface area contributed by atoms with Crippen molar-refractivity contribution < 1.29 is 19.7 Å². The number of rotatable bonds is 5. The first kappa shape index (κ1) is 21.4. The molecule has 0 radical (unpaired) electrons. The fourth-order valence-electron chi connectivity index (χ4n) is 5.48. The maximum atomic E-state index is 13.1. The molecule has 6 heteroatoms. The van der Waals surface area contributed by atoms with Crippen LogP contribution in [-0.4, -0.2) is 41.2 Å². The first-order valence-electron chi connectivity index (χ1n) is 10.7. The number of hydrogen-bond acceptors (Lipinski definition) is 5. The molecule has 6 nitrogen and oxygen atoms in total. The summed E-state index contributed by atoms with van der Waals surface area (Å²) in [6.45, 7) is 0.827. The first-order chi connectivity index (χ1) is 15.0. The Kier molecular flexibility index (Phi) is 5.99. The van der Waals surface area contributed by atoms with Gasteiger partial charge >= 0.3 is 0 Å². The van der Waals surface area contributed by atoms with Crippen molar-refractivity contribution in [1.82, 2.24) is 4.90 Å². The van der Waals surface area contributed by atoms with E-state index in [2.05, 4.69) is 6.07 Å². The van der Waals surface area contributed by atoms with Crippen LogP contribution in [0.2, 0.25) is 0 Å². The minimum atomic E-state index is -1.23. The number of aliphatic hydroxyl groups is 2. The molecule has 2 fully saturated rings. The van der Waals surface area contributed by atoms with Gasteiger partial charge in [0.1, 0.15) is 5.75 Å². The van der Waals surface area contributed by atoms with Gasteiger partial charge in [-0.1, -0.05) is 48.5 Å². The summed E-state index contributed by atoms with van der Waals surface area (Å²) in [4.78, 5) is 14.8. The van der Waals surface area contributed by atoms with Crippen molar-refractivity contribution in [1.29, 1.82) is 5.26 Å². The monoisotopic (exact) mass is 420 g/mol. The van der Waals surface area contributed by atoms with Gasteiger partial charge in [-0.25, -0.2) is 0 Å². The first-order valence-corrected chi connectivity index (χ1v) is 10.7. The summed E-state index contributed by atoms with van der Waals surface area (Å²) < 4.78 is 5.53. The van der Waals surface area contributed by atoms with E-state index >= 15 is 0 Å². The molecule has 0 bridgehead atoms. The lowest BCUT2D eigenvalue weighted by Gasteiger charge is -2.45. The molecule has 0 spiro atoms. The molecular formula is C25H28N2O4. The summed E-state index contributed by atoms with van der Waals surface area (Å²) in [7, 11) is 1.58. The van der Waals surface area contributed by atoms with Crippen LogP contribution in [0.5, 0.6) is 5.75 Å². The average Bonchev–Trinajstić information content (AvgIpc) is 3.24. The molecule has 1 amide bonds. The van der Waals surface area contributed by atoms with Gasteiger partial charge in [0.25, 0.3) is 5.91 Å². The summed E-state index contributed by atoms with van der Waals surface area (Å²) in [6.07, 6.45) is 0.365. The predicted octanol–water partition coefficient (Wildman–Crippen LogP) is 3.01. The van der Waals surface area contributed by atoms with E-state index in [4.69, 9.17) is 4.74 Å². The molecule has 31 heavy (non-hydrogen) atoms. The zero-order valence-corrected chi connectivity index (χ0v) is 17.6. The highest BCUT2D eigenvalue weighted by molar-refractivity contribution is 5.82. The summed E-state index contributed by atoms with van der Waals surface area (Å²) in [5.74, 6) is 0.158. The molecule has 0 aromatic heterocycles. The Bertz CT molecular complexity index is 973. The molecule has 2 aromatic rings. The molecule has 162 valence electrons. The predicted molar refractivity (Wildman–Crippen MR) is 115 cm³/mol. The van der Waals surface area contributed by atoms with Gasteiger partial charge in [-0.15, -0.1) is 0 Å². The second-order valence-electron chi connectivity index (χ2n) is 8.72.